The van der Waals surface area contributed by atoms with E-state index in [9.17, 15) is 13.6 Å². The van der Waals surface area contributed by atoms with E-state index in [0.29, 0.717) is 11.1 Å². The van der Waals surface area contributed by atoms with Gasteiger partial charge in [-0.3, -0.25) is 9.78 Å². The van der Waals surface area contributed by atoms with Crippen molar-refractivity contribution in [2.24, 2.45) is 5.92 Å². The molecule has 0 saturated heterocycles. The summed E-state index contributed by atoms with van der Waals surface area (Å²) in [5, 5.41) is 0.902. The third-order valence-electron chi connectivity index (χ3n) is 3.99. The molecular weight excluding hydrogens is 260 g/mol. The van der Waals surface area contributed by atoms with Crippen molar-refractivity contribution in [3.8, 4) is 0 Å². The monoisotopic (exact) mass is 275 g/mol. The minimum Gasteiger partial charge on any atom is -0.294 e. The lowest BCUT2D eigenvalue weighted by Crippen LogP contribution is -2.28. The van der Waals surface area contributed by atoms with E-state index >= 15 is 0 Å². The first-order valence-corrected chi connectivity index (χ1v) is 6.83. The minimum atomic E-state index is -2.60. The molecule has 1 aromatic heterocycles. The van der Waals surface area contributed by atoms with Gasteiger partial charge in [0, 0.05) is 35.9 Å². The van der Waals surface area contributed by atoms with Crippen LogP contribution in [0.2, 0.25) is 0 Å². The Morgan fingerprint density at radius 2 is 1.85 bits per heavy atom. The average molecular weight is 275 g/mol. The normalized spacial score (nSPS) is 19.1. The third kappa shape index (κ3) is 2.42. The molecule has 1 aromatic carbocycles. The van der Waals surface area contributed by atoms with Crippen molar-refractivity contribution in [1.29, 1.82) is 0 Å². The van der Waals surface area contributed by atoms with Gasteiger partial charge in [0.2, 0.25) is 5.92 Å². The molecule has 4 heteroatoms. The van der Waals surface area contributed by atoms with Crippen molar-refractivity contribution in [2.75, 3.05) is 0 Å². The maximum Gasteiger partial charge on any atom is 0.248 e. The maximum atomic E-state index is 13.2. The van der Waals surface area contributed by atoms with Crippen LogP contribution in [0.4, 0.5) is 8.78 Å². The van der Waals surface area contributed by atoms with Crippen LogP contribution in [-0.2, 0) is 0 Å². The molecule has 0 amide bonds. The lowest BCUT2D eigenvalue weighted by atomic mass is 9.81. The zero-order valence-electron chi connectivity index (χ0n) is 11.0. The van der Waals surface area contributed by atoms with Crippen LogP contribution >= 0.6 is 0 Å². The van der Waals surface area contributed by atoms with Crippen molar-refractivity contribution in [3.63, 3.8) is 0 Å². The Labute approximate surface area is 115 Å². The van der Waals surface area contributed by atoms with Crippen molar-refractivity contribution < 1.29 is 13.6 Å². The Hall–Kier alpha value is -1.84. The summed E-state index contributed by atoms with van der Waals surface area (Å²) in [7, 11) is 0. The fourth-order valence-corrected chi connectivity index (χ4v) is 2.83. The molecule has 0 atom stereocenters. The Morgan fingerprint density at radius 3 is 2.60 bits per heavy atom. The summed E-state index contributed by atoms with van der Waals surface area (Å²) in [6.07, 6.45) is 1.78. The molecule has 3 rings (SSSR count). The lowest BCUT2D eigenvalue weighted by molar-refractivity contribution is -0.0424. The molecule has 0 aliphatic heterocycles. The average Bonchev–Trinajstić information content (AvgIpc) is 2.46. The van der Waals surface area contributed by atoms with E-state index in [1.54, 1.807) is 12.3 Å². The molecule has 1 heterocycles. The molecule has 2 nitrogen and oxygen atoms in total. The molecule has 0 N–H and O–H groups in total. The molecule has 20 heavy (non-hydrogen) atoms. The SMILES string of the molecule is O=C(c1cccc2cccnc12)C1CCC(F)(F)CC1. The molecule has 0 unspecified atom stereocenters. The van der Waals surface area contributed by atoms with Crippen LogP contribution in [0.25, 0.3) is 10.9 Å². The second kappa shape index (κ2) is 4.93. The highest BCUT2D eigenvalue weighted by atomic mass is 19.3. The summed E-state index contributed by atoms with van der Waals surface area (Å²) in [5.74, 6) is -2.96. The fourth-order valence-electron chi connectivity index (χ4n) is 2.83. The summed E-state index contributed by atoms with van der Waals surface area (Å²) in [6, 6.07) is 9.17. The quantitative estimate of drug-likeness (QED) is 0.767. The predicted octanol–water partition coefficient (Wildman–Crippen LogP) is 4.24. The molecule has 0 bridgehead atoms. The molecular formula is C16H15F2NO. The Bertz CT molecular complexity index is 638. The third-order valence-corrected chi connectivity index (χ3v) is 3.99. The smallest absolute Gasteiger partial charge is 0.248 e. The topological polar surface area (TPSA) is 30.0 Å². The number of para-hydroxylation sites is 1. The predicted molar refractivity (Wildman–Crippen MR) is 73.0 cm³/mol. The van der Waals surface area contributed by atoms with Gasteiger partial charge in [-0.05, 0) is 25.0 Å². The number of carbonyl (C=O) groups is 1. The van der Waals surface area contributed by atoms with Gasteiger partial charge in [-0.25, -0.2) is 8.78 Å². The first-order valence-electron chi connectivity index (χ1n) is 6.83. The summed E-state index contributed by atoms with van der Waals surface area (Å²) >= 11 is 0. The van der Waals surface area contributed by atoms with Gasteiger partial charge in [-0.15, -0.1) is 0 Å². The summed E-state index contributed by atoms with van der Waals surface area (Å²) in [5.41, 5.74) is 1.22. The number of ketones is 1. The van der Waals surface area contributed by atoms with Crippen LogP contribution in [0, 0.1) is 5.92 Å². The van der Waals surface area contributed by atoms with Gasteiger partial charge in [0.25, 0.3) is 0 Å². The van der Waals surface area contributed by atoms with E-state index in [1.807, 2.05) is 24.3 Å². The number of fused-ring (bicyclic) bond motifs is 1. The van der Waals surface area contributed by atoms with Gasteiger partial charge in [0.15, 0.2) is 5.78 Å². The first kappa shape index (κ1) is 13.2. The van der Waals surface area contributed by atoms with Crippen molar-refractivity contribution in [2.45, 2.75) is 31.6 Å². The van der Waals surface area contributed by atoms with Crippen LogP contribution in [-0.4, -0.2) is 16.7 Å². The van der Waals surface area contributed by atoms with Crippen LogP contribution in [0.15, 0.2) is 36.5 Å². The van der Waals surface area contributed by atoms with Gasteiger partial charge >= 0.3 is 0 Å². The van der Waals surface area contributed by atoms with E-state index in [0.717, 1.165) is 5.39 Å². The molecule has 1 aliphatic rings. The van der Waals surface area contributed by atoms with E-state index in [2.05, 4.69) is 4.98 Å². The van der Waals surface area contributed by atoms with Gasteiger partial charge in [-0.2, -0.15) is 0 Å². The number of hydrogen-bond donors (Lipinski definition) is 0. The second-order valence-electron chi connectivity index (χ2n) is 5.38. The zero-order chi connectivity index (χ0) is 14.2. The molecule has 0 spiro atoms. The Kier molecular flexibility index (Phi) is 3.24. The number of halogens is 2. The molecule has 2 aromatic rings. The summed E-state index contributed by atoms with van der Waals surface area (Å²) in [4.78, 5) is 16.8. The maximum absolute atomic E-state index is 13.2. The van der Waals surface area contributed by atoms with Gasteiger partial charge in [0.05, 0.1) is 5.52 Å². The van der Waals surface area contributed by atoms with Gasteiger partial charge in [0.1, 0.15) is 0 Å². The van der Waals surface area contributed by atoms with Crippen molar-refractivity contribution >= 4 is 16.7 Å². The highest BCUT2D eigenvalue weighted by Crippen LogP contribution is 2.37. The van der Waals surface area contributed by atoms with Crippen LogP contribution in [0.1, 0.15) is 36.0 Å². The number of pyridine rings is 1. The number of Topliss-reactive ketones (excluding diaryl/α,β-unsaturated/α-hetero) is 1. The van der Waals surface area contributed by atoms with Gasteiger partial charge in [-0.1, -0.05) is 18.2 Å². The highest BCUT2D eigenvalue weighted by Gasteiger charge is 2.37. The number of hydrogen-bond acceptors (Lipinski definition) is 2. The fraction of sp³-hybridized carbons (Fsp3) is 0.375. The molecule has 104 valence electrons. The number of benzene rings is 1. The first-order chi connectivity index (χ1) is 9.57. The van der Waals surface area contributed by atoms with Crippen LogP contribution in [0.5, 0.6) is 0 Å². The van der Waals surface area contributed by atoms with Gasteiger partial charge < -0.3 is 0 Å². The molecule has 1 saturated carbocycles. The molecule has 1 aliphatic carbocycles. The number of aromatic nitrogens is 1. The van der Waals surface area contributed by atoms with E-state index in [1.165, 1.54) is 0 Å². The number of nitrogens with zero attached hydrogens (tertiary/aromatic N) is 1. The summed E-state index contributed by atoms with van der Waals surface area (Å²) in [6.45, 7) is 0. The minimum absolute atomic E-state index is 0.0511. The van der Waals surface area contributed by atoms with E-state index < -0.39 is 5.92 Å². The van der Waals surface area contributed by atoms with Crippen molar-refractivity contribution in [1.82, 2.24) is 4.98 Å². The second-order valence-corrected chi connectivity index (χ2v) is 5.38. The number of alkyl halides is 2. The van der Waals surface area contributed by atoms with Crippen LogP contribution in [0.3, 0.4) is 0 Å². The zero-order valence-corrected chi connectivity index (χ0v) is 11.0. The largest absolute Gasteiger partial charge is 0.294 e. The van der Waals surface area contributed by atoms with Crippen LogP contribution < -0.4 is 0 Å². The number of carbonyl (C=O) groups excluding carboxylic acids is 1. The highest BCUT2D eigenvalue weighted by molar-refractivity contribution is 6.07. The summed E-state index contributed by atoms with van der Waals surface area (Å²) < 4.78 is 26.3. The molecule has 1 fully saturated rings. The molecule has 0 radical (unpaired) electrons. The van der Waals surface area contributed by atoms with E-state index in [-0.39, 0.29) is 37.4 Å². The van der Waals surface area contributed by atoms with E-state index in [4.69, 9.17) is 0 Å². The Balaban J connectivity index is 1.90. The number of rotatable bonds is 2. The van der Waals surface area contributed by atoms with Crippen molar-refractivity contribution in [3.05, 3.63) is 42.1 Å². The standard InChI is InChI=1S/C16H15F2NO/c17-16(18)8-6-12(7-9-16)15(20)13-5-1-3-11-4-2-10-19-14(11)13/h1-5,10,12H,6-9H2. The lowest BCUT2D eigenvalue weighted by Gasteiger charge is -2.27. The Morgan fingerprint density at radius 1 is 1.15 bits per heavy atom.